The summed E-state index contributed by atoms with van der Waals surface area (Å²) in [5.74, 6) is 0.822. The van der Waals surface area contributed by atoms with E-state index in [0.717, 1.165) is 29.2 Å². The number of carbonyl (C=O) groups excluding carboxylic acids is 1. The standard InChI is InChI=1S/C17H17N5O/c1-2-21-17-15(10-19-21)14(8-16(23)20-17)12-9-18-22(11-12)13-6-4-3-5-7-13/h3-7,9-11,14H,2,8H2,1H3,(H,20,23). The number of hydrogen-bond acceptors (Lipinski definition) is 3. The van der Waals surface area contributed by atoms with Crippen molar-refractivity contribution in [1.29, 1.82) is 0 Å². The van der Waals surface area contributed by atoms with Gasteiger partial charge in [0.05, 0.1) is 18.1 Å². The van der Waals surface area contributed by atoms with E-state index in [0.29, 0.717) is 6.42 Å². The van der Waals surface area contributed by atoms with Crippen LogP contribution >= 0.6 is 0 Å². The molecule has 0 bridgehead atoms. The number of fused-ring (bicyclic) bond motifs is 1. The summed E-state index contributed by atoms with van der Waals surface area (Å²) in [5, 5.41) is 11.7. The highest BCUT2D eigenvalue weighted by Crippen LogP contribution is 2.36. The average Bonchev–Trinajstić information content (AvgIpc) is 3.22. The predicted octanol–water partition coefficient (Wildman–Crippen LogP) is 2.56. The Labute approximate surface area is 133 Å². The zero-order chi connectivity index (χ0) is 15.8. The van der Waals surface area contributed by atoms with E-state index in [1.165, 1.54) is 0 Å². The lowest BCUT2D eigenvalue weighted by Crippen LogP contribution is -2.24. The number of para-hydroxylation sites is 1. The van der Waals surface area contributed by atoms with Crippen molar-refractivity contribution in [3.63, 3.8) is 0 Å². The largest absolute Gasteiger partial charge is 0.311 e. The second-order valence-electron chi connectivity index (χ2n) is 5.62. The molecule has 3 aromatic rings. The predicted molar refractivity (Wildman–Crippen MR) is 86.6 cm³/mol. The molecule has 0 spiro atoms. The monoisotopic (exact) mass is 307 g/mol. The average molecular weight is 307 g/mol. The minimum Gasteiger partial charge on any atom is -0.311 e. The normalized spacial score (nSPS) is 16.9. The van der Waals surface area contributed by atoms with Crippen LogP contribution in [-0.2, 0) is 11.3 Å². The molecule has 6 heteroatoms. The molecule has 1 N–H and O–H groups in total. The fourth-order valence-electron chi connectivity index (χ4n) is 3.05. The van der Waals surface area contributed by atoms with E-state index in [2.05, 4.69) is 15.5 Å². The number of aryl methyl sites for hydroxylation is 1. The van der Waals surface area contributed by atoms with Crippen LogP contribution in [0.1, 0.15) is 30.4 Å². The summed E-state index contributed by atoms with van der Waals surface area (Å²) in [6, 6.07) is 9.95. The Balaban J connectivity index is 1.73. The summed E-state index contributed by atoms with van der Waals surface area (Å²) in [6.07, 6.45) is 6.10. The number of nitrogens with one attached hydrogen (secondary N) is 1. The van der Waals surface area contributed by atoms with E-state index >= 15 is 0 Å². The van der Waals surface area contributed by atoms with Crippen LogP contribution in [0, 0.1) is 0 Å². The van der Waals surface area contributed by atoms with Gasteiger partial charge in [-0.05, 0) is 24.6 Å². The van der Waals surface area contributed by atoms with Gasteiger partial charge in [0.1, 0.15) is 5.82 Å². The lowest BCUT2D eigenvalue weighted by molar-refractivity contribution is -0.116. The Bertz CT molecular complexity index is 849. The van der Waals surface area contributed by atoms with Gasteiger partial charge >= 0.3 is 0 Å². The molecule has 2 aromatic heterocycles. The van der Waals surface area contributed by atoms with E-state index in [1.54, 1.807) is 0 Å². The second kappa shape index (κ2) is 5.39. The number of amides is 1. The van der Waals surface area contributed by atoms with E-state index in [1.807, 2.05) is 65.2 Å². The van der Waals surface area contributed by atoms with Crippen molar-refractivity contribution in [3.05, 3.63) is 60.0 Å². The van der Waals surface area contributed by atoms with Crippen molar-refractivity contribution >= 4 is 11.7 Å². The highest BCUT2D eigenvalue weighted by molar-refractivity contribution is 5.94. The maximum Gasteiger partial charge on any atom is 0.226 e. The van der Waals surface area contributed by atoms with Crippen molar-refractivity contribution < 1.29 is 4.79 Å². The molecule has 1 unspecified atom stereocenters. The topological polar surface area (TPSA) is 64.7 Å². The van der Waals surface area contributed by atoms with Gasteiger partial charge in [-0.1, -0.05) is 18.2 Å². The second-order valence-corrected chi connectivity index (χ2v) is 5.62. The van der Waals surface area contributed by atoms with Gasteiger partial charge in [-0.2, -0.15) is 10.2 Å². The summed E-state index contributed by atoms with van der Waals surface area (Å²) >= 11 is 0. The molecule has 1 amide bonds. The molecular weight excluding hydrogens is 290 g/mol. The first-order valence-corrected chi connectivity index (χ1v) is 7.72. The fraction of sp³-hybridized carbons (Fsp3) is 0.235. The SMILES string of the molecule is CCn1ncc2c1NC(=O)CC2c1cnn(-c2ccccc2)c1. The number of benzene rings is 1. The van der Waals surface area contributed by atoms with Gasteiger partial charge in [-0.3, -0.25) is 4.79 Å². The first-order chi connectivity index (χ1) is 11.3. The number of carbonyl (C=O) groups is 1. The molecular formula is C17H17N5O. The molecule has 4 rings (SSSR count). The van der Waals surface area contributed by atoms with Crippen LogP contribution in [-0.4, -0.2) is 25.5 Å². The molecule has 0 radical (unpaired) electrons. The van der Waals surface area contributed by atoms with Gasteiger partial charge in [0, 0.05) is 30.6 Å². The third kappa shape index (κ3) is 2.32. The summed E-state index contributed by atoms with van der Waals surface area (Å²) < 4.78 is 3.66. The Morgan fingerprint density at radius 3 is 2.83 bits per heavy atom. The summed E-state index contributed by atoms with van der Waals surface area (Å²) in [6.45, 7) is 2.74. The van der Waals surface area contributed by atoms with Crippen LogP contribution in [0.25, 0.3) is 5.69 Å². The Morgan fingerprint density at radius 1 is 1.22 bits per heavy atom. The number of nitrogens with zero attached hydrogens (tertiary/aromatic N) is 4. The lowest BCUT2D eigenvalue weighted by Gasteiger charge is -2.22. The molecule has 116 valence electrons. The Hall–Kier alpha value is -2.89. The molecule has 0 aliphatic carbocycles. The van der Waals surface area contributed by atoms with Gasteiger partial charge in [0.15, 0.2) is 0 Å². The number of anilines is 1. The first-order valence-electron chi connectivity index (χ1n) is 7.72. The summed E-state index contributed by atoms with van der Waals surface area (Å²) in [5.41, 5.74) is 3.09. The van der Waals surface area contributed by atoms with E-state index < -0.39 is 0 Å². The van der Waals surface area contributed by atoms with Crippen LogP contribution < -0.4 is 5.32 Å². The highest BCUT2D eigenvalue weighted by Gasteiger charge is 2.30. The van der Waals surface area contributed by atoms with Crippen LogP contribution in [0.5, 0.6) is 0 Å². The van der Waals surface area contributed by atoms with Crippen molar-refractivity contribution in [2.45, 2.75) is 25.8 Å². The minimum absolute atomic E-state index is 0.00323. The van der Waals surface area contributed by atoms with Crippen LogP contribution in [0.4, 0.5) is 5.82 Å². The summed E-state index contributed by atoms with van der Waals surface area (Å²) in [7, 11) is 0. The molecule has 3 heterocycles. The van der Waals surface area contributed by atoms with E-state index in [9.17, 15) is 4.79 Å². The third-order valence-electron chi connectivity index (χ3n) is 4.22. The fourth-order valence-corrected chi connectivity index (χ4v) is 3.05. The first kappa shape index (κ1) is 13.8. The summed E-state index contributed by atoms with van der Waals surface area (Å²) in [4.78, 5) is 12.1. The smallest absolute Gasteiger partial charge is 0.226 e. The maximum atomic E-state index is 12.1. The number of aromatic nitrogens is 4. The molecule has 6 nitrogen and oxygen atoms in total. The number of rotatable bonds is 3. The molecule has 1 aromatic carbocycles. The van der Waals surface area contributed by atoms with E-state index in [4.69, 9.17) is 0 Å². The Morgan fingerprint density at radius 2 is 2.04 bits per heavy atom. The van der Waals surface area contributed by atoms with E-state index in [-0.39, 0.29) is 11.8 Å². The molecule has 1 aliphatic rings. The van der Waals surface area contributed by atoms with Gasteiger partial charge in [0.25, 0.3) is 0 Å². The third-order valence-corrected chi connectivity index (χ3v) is 4.22. The van der Waals surface area contributed by atoms with Crippen molar-refractivity contribution in [1.82, 2.24) is 19.6 Å². The van der Waals surface area contributed by atoms with Gasteiger partial charge < -0.3 is 5.32 Å². The zero-order valence-electron chi connectivity index (χ0n) is 12.8. The highest BCUT2D eigenvalue weighted by atomic mass is 16.1. The van der Waals surface area contributed by atoms with Gasteiger partial charge in [-0.25, -0.2) is 9.36 Å². The van der Waals surface area contributed by atoms with Gasteiger partial charge in [0.2, 0.25) is 5.91 Å². The van der Waals surface area contributed by atoms with Crippen molar-refractivity contribution in [3.8, 4) is 5.69 Å². The molecule has 23 heavy (non-hydrogen) atoms. The number of hydrogen-bond donors (Lipinski definition) is 1. The molecule has 0 saturated heterocycles. The van der Waals surface area contributed by atoms with Gasteiger partial charge in [-0.15, -0.1) is 0 Å². The molecule has 1 aliphatic heterocycles. The van der Waals surface area contributed by atoms with Crippen LogP contribution in [0.2, 0.25) is 0 Å². The van der Waals surface area contributed by atoms with Crippen molar-refractivity contribution in [2.24, 2.45) is 0 Å². The zero-order valence-corrected chi connectivity index (χ0v) is 12.8. The van der Waals surface area contributed by atoms with Crippen LogP contribution in [0.15, 0.2) is 48.9 Å². The Kier molecular flexibility index (Phi) is 3.22. The van der Waals surface area contributed by atoms with Crippen molar-refractivity contribution in [2.75, 3.05) is 5.32 Å². The molecule has 0 fully saturated rings. The van der Waals surface area contributed by atoms with Crippen LogP contribution in [0.3, 0.4) is 0 Å². The maximum absolute atomic E-state index is 12.1. The minimum atomic E-state index is -0.00323. The molecule has 0 saturated carbocycles. The lowest BCUT2D eigenvalue weighted by atomic mass is 9.89. The quantitative estimate of drug-likeness (QED) is 0.809. The molecule has 1 atom stereocenters.